The van der Waals surface area contributed by atoms with E-state index in [2.05, 4.69) is 15.6 Å². The summed E-state index contributed by atoms with van der Waals surface area (Å²) in [6, 6.07) is 17.2. The number of nitrogens with zero attached hydrogens (tertiary/aromatic N) is 3. The number of nitrogens with one attached hydrogen (secondary N) is 1. The summed E-state index contributed by atoms with van der Waals surface area (Å²) in [5.41, 5.74) is 9.38. The van der Waals surface area contributed by atoms with E-state index in [0.717, 1.165) is 5.56 Å². The van der Waals surface area contributed by atoms with E-state index in [1.54, 1.807) is 61.5 Å². The van der Waals surface area contributed by atoms with Crippen molar-refractivity contribution in [3.8, 4) is 39.9 Å². The number of aromatic nitrogens is 3. The van der Waals surface area contributed by atoms with E-state index in [1.807, 2.05) is 24.3 Å². The van der Waals surface area contributed by atoms with E-state index < -0.39 is 6.04 Å². The van der Waals surface area contributed by atoms with E-state index in [0.29, 0.717) is 45.6 Å². The number of nitrogens with two attached hydrogens (primary N) is 1. The Hall–Kier alpha value is -4.57. The molecule has 3 aromatic carbocycles. The van der Waals surface area contributed by atoms with Gasteiger partial charge >= 0.3 is 0 Å². The Balaban J connectivity index is 1.71. The van der Waals surface area contributed by atoms with E-state index >= 15 is 0 Å². The molecule has 36 heavy (non-hydrogen) atoms. The molecule has 0 aliphatic heterocycles. The van der Waals surface area contributed by atoms with Crippen LogP contribution in [0.15, 0.2) is 66.9 Å². The molecule has 1 atom stereocenters. The normalized spacial score (nSPS) is 11.5. The predicted octanol–water partition coefficient (Wildman–Crippen LogP) is 3.61. The number of ether oxygens (including phenoxy) is 4. The Labute approximate surface area is 208 Å². The summed E-state index contributed by atoms with van der Waals surface area (Å²) in [5.74, 6) is 1.54. The van der Waals surface area contributed by atoms with Crippen molar-refractivity contribution in [2.24, 2.45) is 5.73 Å². The molecule has 10 heteroatoms. The van der Waals surface area contributed by atoms with Gasteiger partial charge in [-0.15, -0.1) is 5.10 Å². The van der Waals surface area contributed by atoms with Crippen molar-refractivity contribution in [1.29, 1.82) is 0 Å². The maximum absolute atomic E-state index is 12.9. The minimum absolute atomic E-state index is 0.368. The van der Waals surface area contributed by atoms with Gasteiger partial charge in [-0.05, 0) is 23.8 Å². The van der Waals surface area contributed by atoms with E-state index in [9.17, 15) is 4.79 Å². The van der Waals surface area contributed by atoms with Gasteiger partial charge in [0, 0.05) is 17.7 Å². The first-order valence-corrected chi connectivity index (χ1v) is 11.0. The summed E-state index contributed by atoms with van der Waals surface area (Å²) in [6.07, 6.45) is 1.62. The molecule has 0 aliphatic rings. The number of carbonyl (C=O) groups excluding carboxylic acids is 1. The van der Waals surface area contributed by atoms with E-state index in [-0.39, 0.29) is 5.91 Å². The minimum Gasteiger partial charge on any atom is -0.495 e. The Morgan fingerprint density at radius 3 is 2.17 bits per heavy atom. The molecule has 4 rings (SSSR count). The number of carbonyl (C=O) groups is 1. The third-order valence-corrected chi connectivity index (χ3v) is 5.64. The van der Waals surface area contributed by atoms with Gasteiger partial charge in [0.15, 0.2) is 11.5 Å². The summed E-state index contributed by atoms with van der Waals surface area (Å²) in [4.78, 5) is 12.9. The maximum atomic E-state index is 12.9. The molecule has 4 aromatic rings. The van der Waals surface area contributed by atoms with Gasteiger partial charge in [0.25, 0.3) is 0 Å². The number of hydrogen-bond donors (Lipinski definition) is 2. The fourth-order valence-electron chi connectivity index (χ4n) is 3.80. The van der Waals surface area contributed by atoms with Gasteiger partial charge in [-0.3, -0.25) is 4.79 Å². The molecule has 1 unspecified atom stereocenters. The van der Waals surface area contributed by atoms with Crippen LogP contribution in [0.5, 0.6) is 23.0 Å². The van der Waals surface area contributed by atoms with Crippen molar-refractivity contribution in [3.63, 3.8) is 0 Å². The summed E-state index contributed by atoms with van der Waals surface area (Å²) in [6.45, 7) is 0. The summed E-state index contributed by atoms with van der Waals surface area (Å²) >= 11 is 0. The van der Waals surface area contributed by atoms with Gasteiger partial charge in [0.2, 0.25) is 11.7 Å². The molecule has 186 valence electrons. The lowest BCUT2D eigenvalue weighted by molar-refractivity contribution is -0.117. The molecule has 1 amide bonds. The highest BCUT2D eigenvalue weighted by Gasteiger charge is 2.20. The Bertz CT molecular complexity index is 1330. The number of anilines is 1. The second-order valence-electron chi connectivity index (χ2n) is 7.71. The van der Waals surface area contributed by atoms with E-state index in [4.69, 9.17) is 24.7 Å². The maximum Gasteiger partial charge on any atom is 0.245 e. The average Bonchev–Trinajstić information content (AvgIpc) is 3.42. The molecule has 0 aliphatic carbocycles. The van der Waals surface area contributed by atoms with Gasteiger partial charge < -0.3 is 30.0 Å². The monoisotopic (exact) mass is 489 g/mol. The van der Waals surface area contributed by atoms with Gasteiger partial charge in [-0.25, -0.2) is 4.68 Å². The second-order valence-corrected chi connectivity index (χ2v) is 7.71. The molecule has 1 heterocycles. The molecular formula is C26H27N5O5. The number of methoxy groups -OCH3 is 4. The highest BCUT2D eigenvalue weighted by atomic mass is 16.5. The van der Waals surface area contributed by atoms with Crippen LogP contribution in [-0.4, -0.2) is 49.3 Å². The molecule has 0 saturated carbocycles. The van der Waals surface area contributed by atoms with E-state index in [1.165, 1.54) is 14.2 Å². The molecule has 0 radical (unpaired) electrons. The molecular weight excluding hydrogens is 462 g/mol. The molecule has 3 N–H and O–H groups in total. The van der Waals surface area contributed by atoms with Gasteiger partial charge in [0.05, 0.1) is 51.7 Å². The number of rotatable bonds is 9. The molecule has 1 aromatic heterocycles. The van der Waals surface area contributed by atoms with Crippen LogP contribution in [0.4, 0.5) is 5.69 Å². The van der Waals surface area contributed by atoms with Crippen LogP contribution in [0.2, 0.25) is 0 Å². The fourth-order valence-corrected chi connectivity index (χ4v) is 3.80. The third kappa shape index (κ3) is 4.80. The fraction of sp³-hybridized carbons (Fsp3) is 0.192. The minimum atomic E-state index is -0.842. The zero-order chi connectivity index (χ0) is 25.7. The zero-order valence-electron chi connectivity index (χ0n) is 20.4. The average molecular weight is 490 g/mol. The Morgan fingerprint density at radius 1 is 0.889 bits per heavy atom. The quantitative estimate of drug-likeness (QED) is 0.366. The van der Waals surface area contributed by atoms with Gasteiger partial charge in [-0.2, -0.15) is 0 Å². The first-order valence-electron chi connectivity index (χ1n) is 11.0. The topological polar surface area (TPSA) is 123 Å². The summed E-state index contributed by atoms with van der Waals surface area (Å²) in [7, 11) is 6.16. The molecule has 10 nitrogen and oxygen atoms in total. The smallest absolute Gasteiger partial charge is 0.245 e. The Morgan fingerprint density at radius 2 is 1.56 bits per heavy atom. The lowest BCUT2D eigenvalue weighted by Gasteiger charge is -2.17. The number of amides is 1. The van der Waals surface area contributed by atoms with Crippen LogP contribution in [0.1, 0.15) is 11.6 Å². The first-order chi connectivity index (χ1) is 17.5. The number of hydrogen-bond acceptors (Lipinski definition) is 8. The molecule has 0 spiro atoms. The number of benzene rings is 3. The second kappa shape index (κ2) is 10.8. The van der Waals surface area contributed by atoms with Crippen LogP contribution in [0.25, 0.3) is 16.9 Å². The SMILES string of the molecule is COc1ccc(-c2cnnn2-c2cc(OC)c(OC)c(OC)c2)cc1NC(=O)C(N)c1ccccc1. The first kappa shape index (κ1) is 24.6. The standard InChI is InChI=1S/C26H27N5O5/c1-33-21-11-10-17(12-19(21)29-26(32)24(27)16-8-6-5-7-9-16)20-15-28-30-31(20)18-13-22(34-2)25(36-4)23(14-18)35-3/h5-15,24H,27H2,1-4H3,(H,29,32). The van der Waals surface area contributed by atoms with Crippen molar-refractivity contribution in [3.05, 3.63) is 72.4 Å². The van der Waals surface area contributed by atoms with Crippen molar-refractivity contribution in [1.82, 2.24) is 15.0 Å². The summed E-state index contributed by atoms with van der Waals surface area (Å²) in [5, 5.41) is 11.2. The van der Waals surface area contributed by atoms with Crippen LogP contribution < -0.4 is 30.0 Å². The van der Waals surface area contributed by atoms with Crippen LogP contribution in [0.3, 0.4) is 0 Å². The molecule has 0 fully saturated rings. The van der Waals surface area contributed by atoms with Gasteiger partial charge in [0.1, 0.15) is 11.8 Å². The highest BCUT2D eigenvalue weighted by Crippen LogP contribution is 2.40. The van der Waals surface area contributed by atoms with Crippen LogP contribution >= 0.6 is 0 Å². The van der Waals surface area contributed by atoms with Crippen LogP contribution in [0, 0.1) is 0 Å². The highest BCUT2D eigenvalue weighted by molar-refractivity contribution is 5.97. The van der Waals surface area contributed by atoms with Crippen molar-refractivity contribution >= 4 is 11.6 Å². The molecule has 0 bridgehead atoms. The Kier molecular flexibility index (Phi) is 7.36. The van der Waals surface area contributed by atoms with Crippen LogP contribution in [-0.2, 0) is 4.79 Å². The van der Waals surface area contributed by atoms with Gasteiger partial charge in [-0.1, -0.05) is 35.5 Å². The third-order valence-electron chi connectivity index (χ3n) is 5.64. The van der Waals surface area contributed by atoms with Crippen molar-refractivity contribution in [2.75, 3.05) is 33.8 Å². The summed E-state index contributed by atoms with van der Waals surface area (Å²) < 4.78 is 23.5. The van der Waals surface area contributed by atoms with Crippen molar-refractivity contribution in [2.45, 2.75) is 6.04 Å². The lowest BCUT2D eigenvalue weighted by Crippen LogP contribution is -2.27. The largest absolute Gasteiger partial charge is 0.495 e. The zero-order valence-corrected chi connectivity index (χ0v) is 20.4. The lowest BCUT2D eigenvalue weighted by atomic mass is 10.1. The van der Waals surface area contributed by atoms with Crippen molar-refractivity contribution < 1.29 is 23.7 Å². The predicted molar refractivity (Wildman–Crippen MR) is 135 cm³/mol. The molecule has 0 saturated heterocycles.